The van der Waals surface area contributed by atoms with Gasteiger partial charge in [-0.3, -0.25) is 30.3 Å². The zero-order valence-corrected chi connectivity index (χ0v) is 15.2. The quantitative estimate of drug-likeness (QED) is 0.308. The van der Waals surface area contributed by atoms with Crippen molar-refractivity contribution in [2.24, 2.45) is 0 Å². The van der Waals surface area contributed by atoms with Crippen LogP contribution in [0.3, 0.4) is 0 Å². The summed E-state index contributed by atoms with van der Waals surface area (Å²) in [5.41, 5.74) is -3.00. The molecule has 1 aromatic rings. The Morgan fingerprint density at radius 2 is 1.56 bits per heavy atom. The summed E-state index contributed by atoms with van der Waals surface area (Å²) in [5.74, 6) is -1.21. The molecule has 0 saturated carbocycles. The van der Waals surface area contributed by atoms with Crippen LogP contribution in [0.5, 0.6) is 5.75 Å². The molecule has 0 aromatic heterocycles. The third-order valence-electron chi connectivity index (χ3n) is 3.50. The van der Waals surface area contributed by atoms with E-state index < -0.39 is 37.6 Å². The average Bonchev–Trinajstić information content (AvgIpc) is 2.60. The van der Waals surface area contributed by atoms with Gasteiger partial charge in [-0.05, 0) is 13.3 Å². The largest absolute Gasteiger partial charge is 0.497 e. The summed E-state index contributed by atoms with van der Waals surface area (Å²) in [6, 6.07) is 1.46. The number of hydrogen-bond donors (Lipinski definition) is 3. The number of nitrogens with zero attached hydrogens (tertiary/aromatic N) is 3. The summed E-state index contributed by atoms with van der Waals surface area (Å²) >= 11 is 0. The SMILES string of the molecule is CCCCCC(C)NCCO.O=[N+]([O-])c1cc([N+](=O)[O-])c(O)c([N+](=O)[O-])c1. The number of aliphatic hydroxyl groups is 1. The summed E-state index contributed by atoms with van der Waals surface area (Å²) in [5, 5.41) is 52.0. The highest BCUT2D eigenvalue weighted by Gasteiger charge is 2.30. The van der Waals surface area contributed by atoms with E-state index in [1.165, 1.54) is 25.7 Å². The van der Waals surface area contributed by atoms with Crippen LogP contribution in [0.4, 0.5) is 17.1 Å². The molecule has 0 heterocycles. The first-order valence-electron chi connectivity index (χ1n) is 8.30. The highest BCUT2D eigenvalue weighted by molar-refractivity contribution is 5.64. The van der Waals surface area contributed by atoms with E-state index >= 15 is 0 Å². The van der Waals surface area contributed by atoms with Gasteiger partial charge in [-0.25, -0.2) is 0 Å². The van der Waals surface area contributed by atoms with Gasteiger partial charge in [0, 0.05) is 12.6 Å². The summed E-state index contributed by atoms with van der Waals surface area (Å²) in [6.07, 6.45) is 5.14. The topological polar surface area (TPSA) is 182 Å². The van der Waals surface area contributed by atoms with Gasteiger partial charge in [-0.15, -0.1) is 0 Å². The number of nitrogens with one attached hydrogen (secondary N) is 1. The Bertz CT molecular complexity index is 618. The van der Waals surface area contributed by atoms with E-state index in [0.29, 0.717) is 18.2 Å². The molecule has 0 radical (unpaired) electrons. The summed E-state index contributed by atoms with van der Waals surface area (Å²) in [6.45, 7) is 5.36. The van der Waals surface area contributed by atoms with Gasteiger partial charge in [0.25, 0.3) is 11.4 Å². The van der Waals surface area contributed by atoms with Crippen molar-refractivity contribution < 1.29 is 25.0 Å². The molecule has 0 saturated heterocycles. The summed E-state index contributed by atoms with van der Waals surface area (Å²) < 4.78 is 0. The molecule has 12 nitrogen and oxygen atoms in total. The molecule has 152 valence electrons. The van der Waals surface area contributed by atoms with Crippen LogP contribution in [0.2, 0.25) is 0 Å². The number of aliphatic hydroxyl groups excluding tert-OH is 1. The third-order valence-corrected chi connectivity index (χ3v) is 3.50. The molecule has 1 unspecified atom stereocenters. The molecule has 1 aromatic carbocycles. The molecule has 0 amide bonds. The monoisotopic (exact) mass is 388 g/mol. The fraction of sp³-hybridized carbons (Fsp3) is 0.600. The highest BCUT2D eigenvalue weighted by atomic mass is 16.6. The first kappa shape index (κ1) is 24.1. The van der Waals surface area contributed by atoms with Crippen LogP contribution in [0.25, 0.3) is 0 Å². The van der Waals surface area contributed by atoms with Crippen molar-refractivity contribution in [3.05, 3.63) is 42.5 Å². The predicted octanol–water partition coefficient (Wildman–Crippen LogP) is 2.65. The van der Waals surface area contributed by atoms with E-state index in [0.717, 1.165) is 6.54 Å². The molecule has 0 fully saturated rings. The van der Waals surface area contributed by atoms with Gasteiger partial charge in [0.1, 0.15) is 0 Å². The van der Waals surface area contributed by atoms with Gasteiger partial charge in [-0.2, -0.15) is 0 Å². The maximum atomic E-state index is 10.4. The maximum Gasteiger partial charge on any atom is 0.324 e. The Balaban J connectivity index is 0.000000541. The smallest absolute Gasteiger partial charge is 0.324 e. The predicted molar refractivity (Wildman–Crippen MR) is 96.8 cm³/mol. The maximum absolute atomic E-state index is 10.4. The zero-order chi connectivity index (χ0) is 21.0. The molecule has 0 aliphatic carbocycles. The van der Waals surface area contributed by atoms with E-state index in [2.05, 4.69) is 19.2 Å². The number of unbranched alkanes of at least 4 members (excludes halogenated alkanes) is 2. The number of aromatic hydroxyl groups is 1. The number of hydrogen-bond acceptors (Lipinski definition) is 9. The molecule has 1 atom stereocenters. The van der Waals surface area contributed by atoms with Crippen molar-refractivity contribution in [2.75, 3.05) is 13.2 Å². The minimum Gasteiger partial charge on any atom is -0.497 e. The van der Waals surface area contributed by atoms with E-state index in [9.17, 15) is 30.3 Å². The van der Waals surface area contributed by atoms with Crippen LogP contribution in [-0.4, -0.2) is 44.2 Å². The molecule has 0 aliphatic heterocycles. The lowest BCUT2D eigenvalue weighted by molar-refractivity contribution is -0.404. The number of benzene rings is 1. The standard InChI is InChI=1S/C9H21NO.C6H3N3O7/c1-3-4-5-6-9(2)10-7-8-11;10-6-4(8(13)14)1-3(7(11)12)2-5(6)9(15)16/h9-11H,3-8H2,1-2H3;1-2,10H. The molecule has 0 bridgehead atoms. The van der Waals surface area contributed by atoms with E-state index in [1.54, 1.807) is 0 Å². The molecule has 0 aliphatic rings. The number of nitro benzene ring substituents is 3. The first-order chi connectivity index (χ1) is 12.6. The molecular weight excluding hydrogens is 364 g/mol. The van der Waals surface area contributed by atoms with Crippen molar-refractivity contribution in [3.8, 4) is 5.75 Å². The van der Waals surface area contributed by atoms with Crippen molar-refractivity contribution >= 4 is 17.1 Å². The Hall–Kier alpha value is -2.86. The molecule has 0 spiro atoms. The van der Waals surface area contributed by atoms with Crippen LogP contribution in [0.15, 0.2) is 12.1 Å². The molecule has 12 heteroatoms. The average molecular weight is 388 g/mol. The van der Waals surface area contributed by atoms with Crippen LogP contribution in [0, 0.1) is 30.3 Å². The number of nitro groups is 3. The van der Waals surface area contributed by atoms with Gasteiger partial charge in [0.15, 0.2) is 0 Å². The second-order valence-electron chi connectivity index (χ2n) is 5.68. The van der Waals surface area contributed by atoms with Crippen molar-refractivity contribution in [1.29, 1.82) is 0 Å². The van der Waals surface area contributed by atoms with Gasteiger partial charge in [0.2, 0.25) is 0 Å². The van der Waals surface area contributed by atoms with E-state index in [-0.39, 0.29) is 6.61 Å². The molecule has 3 N–H and O–H groups in total. The number of rotatable bonds is 10. The van der Waals surface area contributed by atoms with Gasteiger partial charge >= 0.3 is 11.4 Å². The fourth-order valence-corrected chi connectivity index (χ4v) is 2.09. The van der Waals surface area contributed by atoms with Crippen LogP contribution in [-0.2, 0) is 0 Å². The number of phenols is 1. The van der Waals surface area contributed by atoms with Crippen LogP contribution in [0.1, 0.15) is 39.5 Å². The van der Waals surface area contributed by atoms with Gasteiger partial charge in [-0.1, -0.05) is 26.2 Å². The molecule has 27 heavy (non-hydrogen) atoms. The van der Waals surface area contributed by atoms with Crippen LogP contribution >= 0.6 is 0 Å². The fourth-order valence-electron chi connectivity index (χ4n) is 2.09. The van der Waals surface area contributed by atoms with Crippen LogP contribution < -0.4 is 5.32 Å². The lowest BCUT2D eigenvalue weighted by Crippen LogP contribution is -2.28. The Labute approximate surface area is 155 Å². The molecule has 1 rings (SSSR count). The van der Waals surface area contributed by atoms with E-state index in [1.807, 2.05) is 0 Å². The van der Waals surface area contributed by atoms with Crippen molar-refractivity contribution in [1.82, 2.24) is 5.32 Å². The zero-order valence-electron chi connectivity index (χ0n) is 15.2. The van der Waals surface area contributed by atoms with E-state index in [4.69, 9.17) is 10.2 Å². The number of phenolic OH excluding ortho intramolecular Hbond substituents is 1. The lowest BCUT2D eigenvalue weighted by Gasteiger charge is -2.11. The number of non-ortho nitro benzene ring substituents is 1. The first-order valence-corrected chi connectivity index (χ1v) is 8.30. The Morgan fingerprint density at radius 1 is 1.04 bits per heavy atom. The third kappa shape index (κ3) is 8.87. The van der Waals surface area contributed by atoms with Gasteiger partial charge in [0.05, 0.1) is 33.5 Å². The second-order valence-corrected chi connectivity index (χ2v) is 5.68. The summed E-state index contributed by atoms with van der Waals surface area (Å²) in [4.78, 5) is 27.8. The molecular formula is C15H24N4O8. The Kier molecular flexibility index (Phi) is 11.2. The normalized spacial score (nSPS) is 11.2. The minimum atomic E-state index is -1.21. The van der Waals surface area contributed by atoms with Gasteiger partial charge < -0.3 is 15.5 Å². The van der Waals surface area contributed by atoms with Crippen molar-refractivity contribution in [3.63, 3.8) is 0 Å². The Morgan fingerprint density at radius 3 is 1.93 bits per heavy atom. The lowest BCUT2D eigenvalue weighted by atomic mass is 10.1. The highest BCUT2D eigenvalue weighted by Crippen LogP contribution is 2.38. The minimum absolute atomic E-state index is 0.248. The second kappa shape index (κ2) is 12.5. The van der Waals surface area contributed by atoms with Crippen molar-refractivity contribution in [2.45, 2.75) is 45.6 Å². The summed E-state index contributed by atoms with van der Waals surface area (Å²) in [7, 11) is 0.